The largest absolute Gasteiger partial charge is 0.494 e. The average molecular weight is 445 g/mol. The summed E-state index contributed by atoms with van der Waals surface area (Å²) in [5.74, 6) is 1.12. The number of nitrogens with one attached hydrogen (secondary N) is 1. The van der Waals surface area contributed by atoms with Crippen molar-refractivity contribution in [3.8, 4) is 5.75 Å². The monoisotopic (exact) mass is 444 g/mol. The highest BCUT2D eigenvalue weighted by Gasteiger charge is 2.22. The Balaban J connectivity index is 1.98. The molecule has 2 aromatic carbocycles. The number of carbonyl (C=O) groups is 1. The van der Waals surface area contributed by atoms with Crippen LogP contribution >= 0.6 is 0 Å². The number of carbonyl (C=O) groups excluding carboxylic acids is 1. The average Bonchev–Trinajstić information content (AvgIpc) is 3.08. The van der Waals surface area contributed by atoms with E-state index in [0.717, 1.165) is 25.5 Å². The zero-order valence-corrected chi connectivity index (χ0v) is 18.6. The Morgan fingerprint density at radius 1 is 1.13 bits per heavy atom. The molecule has 1 aromatic heterocycles. The van der Waals surface area contributed by atoms with Gasteiger partial charge in [-0.1, -0.05) is 13.3 Å². The maximum absolute atomic E-state index is 13.4. The molecule has 0 saturated carbocycles. The first-order valence-corrected chi connectivity index (χ1v) is 12.2. The third-order valence-electron chi connectivity index (χ3n) is 4.78. The summed E-state index contributed by atoms with van der Waals surface area (Å²) in [6.07, 6.45) is 4.30. The third-order valence-corrected chi connectivity index (χ3v) is 5.39. The van der Waals surface area contributed by atoms with Crippen LogP contribution in [0, 0.1) is 0 Å². The first-order valence-electron chi connectivity index (χ1n) is 10.3. The lowest BCUT2D eigenvalue weighted by atomic mass is 9.98. The molecule has 0 bridgehead atoms. The number of ether oxygens (including phenoxy) is 1. The number of furan rings is 1. The van der Waals surface area contributed by atoms with Crippen molar-refractivity contribution < 1.29 is 22.4 Å². The van der Waals surface area contributed by atoms with E-state index < -0.39 is 10.0 Å². The lowest BCUT2D eigenvalue weighted by Gasteiger charge is -2.07. The van der Waals surface area contributed by atoms with Crippen LogP contribution < -0.4 is 15.2 Å². The Bertz CT molecular complexity index is 1150. The number of benzene rings is 2. The summed E-state index contributed by atoms with van der Waals surface area (Å²) in [5, 5.41) is 0.591. The smallest absolute Gasteiger partial charge is 0.229 e. The van der Waals surface area contributed by atoms with E-state index in [4.69, 9.17) is 14.9 Å². The van der Waals surface area contributed by atoms with E-state index in [1.54, 1.807) is 42.5 Å². The summed E-state index contributed by atoms with van der Waals surface area (Å²) in [7, 11) is -3.44. The third kappa shape index (κ3) is 5.86. The number of hydrogen-bond donors (Lipinski definition) is 2. The van der Waals surface area contributed by atoms with E-state index in [-0.39, 0.29) is 5.78 Å². The fourth-order valence-electron chi connectivity index (χ4n) is 3.31. The van der Waals surface area contributed by atoms with Gasteiger partial charge in [-0.25, -0.2) is 8.42 Å². The number of ketones is 1. The van der Waals surface area contributed by atoms with E-state index in [1.807, 2.05) is 0 Å². The molecule has 0 spiro atoms. The molecule has 0 unspecified atom stereocenters. The minimum absolute atomic E-state index is 0.171. The van der Waals surface area contributed by atoms with Gasteiger partial charge in [0.1, 0.15) is 17.1 Å². The molecule has 0 atom stereocenters. The van der Waals surface area contributed by atoms with Crippen LogP contribution in [0.5, 0.6) is 5.75 Å². The van der Waals surface area contributed by atoms with Crippen LogP contribution in [0.3, 0.4) is 0 Å². The number of aryl methyl sites for hydroxylation is 1. The molecule has 0 aliphatic heterocycles. The first-order chi connectivity index (χ1) is 14.8. The van der Waals surface area contributed by atoms with Gasteiger partial charge in [0, 0.05) is 23.1 Å². The fraction of sp³-hybridized carbons (Fsp3) is 0.348. The zero-order chi connectivity index (χ0) is 22.4. The number of unbranched alkanes of at least 4 members (excludes halogenated alkanes) is 1. The lowest BCUT2D eigenvalue weighted by molar-refractivity contribution is 0.103. The Hall–Kier alpha value is -2.84. The summed E-state index contributed by atoms with van der Waals surface area (Å²) in [4.78, 5) is 13.4. The van der Waals surface area contributed by atoms with Crippen LogP contribution in [0.2, 0.25) is 0 Å². The standard InChI is InChI=1S/C23H28N2O5S/c1-3-4-6-21-22(19-15-17(25-31(2,27)28)9-12-20(19)30-21)23(26)16-7-10-18(11-8-16)29-14-5-13-24/h7-12,15,25H,3-6,13-14,24H2,1-2H3. The molecule has 3 aromatic rings. The van der Waals surface area contributed by atoms with Crippen molar-refractivity contribution in [2.24, 2.45) is 5.73 Å². The van der Waals surface area contributed by atoms with Gasteiger partial charge in [0.05, 0.1) is 18.4 Å². The first kappa shape index (κ1) is 22.8. The van der Waals surface area contributed by atoms with Crippen LogP contribution in [0.25, 0.3) is 11.0 Å². The number of fused-ring (bicyclic) bond motifs is 1. The van der Waals surface area contributed by atoms with Gasteiger partial charge in [0.25, 0.3) is 0 Å². The zero-order valence-electron chi connectivity index (χ0n) is 17.8. The highest BCUT2D eigenvalue weighted by Crippen LogP contribution is 2.32. The van der Waals surface area contributed by atoms with Gasteiger partial charge in [-0.3, -0.25) is 9.52 Å². The van der Waals surface area contributed by atoms with Gasteiger partial charge in [-0.05, 0) is 61.9 Å². The molecule has 0 amide bonds. The SMILES string of the molecule is CCCCc1oc2ccc(NS(C)(=O)=O)cc2c1C(=O)c1ccc(OCCCN)cc1. The second-order valence-electron chi connectivity index (χ2n) is 7.43. The van der Waals surface area contributed by atoms with E-state index in [2.05, 4.69) is 11.6 Å². The maximum Gasteiger partial charge on any atom is 0.229 e. The lowest BCUT2D eigenvalue weighted by Crippen LogP contribution is -2.09. The molecule has 3 N–H and O–H groups in total. The molecule has 166 valence electrons. The van der Waals surface area contributed by atoms with Crippen molar-refractivity contribution in [3.63, 3.8) is 0 Å². The van der Waals surface area contributed by atoms with Crippen LogP contribution in [-0.4, -0.2) is 33.6 Å². The van der Waals surface area contributed by atoms with Crippen LogP contribution in [0.4, 0.5) is 5.69 Å². The van der Waals surface area contributed by atoms with Crippen molar-refractivity contribution >= 4 is 32.5 Å². The summed E-state index contributed by atoms with van der Waals surface area (Å²) < 4.78 is 37.3. The Morgan fingerprint density at radius 2 is 1.87 bits per heavy atom. The molecule has 0 aliphatic rings. The Kier molecular flexibility index (Phi) is 7.35. The molecule has 3 rings (SSSR count). The minimum Gasteiger partial charge on any atom is -0.494 e. The van der Waals surface area contributed by atoms with Crippen LogP contribution in [0.15, 0.2) is 46.9 Å². The van der Waals surface area contributed by atoms with Gasteiger partial charge in [-0.15, -0.1) is 0 Å². The number of hydrogen-bond acceptors (Lipinski definition) is 6. The van der Waals surface area contributed by atoms with E-state index in [1.165, 1.54) is 0 Å². The molecule has 1 heterocycles. The summed E-state index contributed by atoms with van der Waals surface area (Å²) in [5.41, 5.74) is 7.39. The fourth-order valence-corrected chi connectivity index (χ4v) is 3.86. The molecule has 0 aliphatic carbocycles. The highest BCUT2D eigenvalue weighted by atomic mass is 32.2. The number of nitrogens with two attached hydrogens (primary N) is 1. The molecular weight excluding hydrogens is 416 g/mol. The molecule has 0 saturated heterocycles. The van der Waals surface area contributed by atoms with Gasteiger partial charge >= 0.3 is 0 Å². The quantitative estimate of drug-likeness (QED) is 0.340. The Morgan fingerprint density at radius 3 is 2.52 bits per heavy atom. The number of rotatable bonds is 11. The second-order valence-corrected chi connectivity index (χ2v) is 9.18. The highest BCUT2D eigenvalue weighted by molar-refractivity contribution is 7.92. The van der Waals surface area contributed by atoms with Gasteiger partial charge < -0.3 is 14.9 Å². The van der Waals surface area contributed by atoms with Crippen molar-refractivity contribution in [1.82, 2.24) is 0 Å². The summed E-state index contributed by atoms with van der Waals surface area (Å²) in [6.45, 7) is 3.15. The molecular formula is C23H28N2O5S. The normalized spacial score (nSPS) is 11.6. The maximum atomic E-state index is 13.4. The molecule has 0 radical (unpaired) electrons. The predicted octanol–water partition coefficient (Wildman–Crippen LogP) is 4.11. The second kappa shape index (κ2) is 9.98. The van der Waals surface area contributed by atoms with Crippen molar-refractivity contribution in [2.75, 3.05) is 24.1 Å². The summed E-state index contributed by atoms with van der Waals surface area (Å²) >= 11 is 0. The number of anilines is 1. The van der Waals surface area contributed by atoms with Gasteiger partial charge in [-0.2, -0.15) is 0 Å². The van der Waals surface area contributed by atoms with E-state index in [9.17, 15) is 13.2 Å². The van der Waals surface area contributed by atoms with Crippen LogP contribution in [0.1, 0.15) is 47.9 Å². The molecule has 8 heteroatoms. The van der Waals surface area contributed by atoms with Gasteiger partial charge in [0.2, 0.25) is 10.0 Å². The molecule has 31 heavy (non-hydrogen) atoms. The van der Waals surface area contributed by atoms with E-state index >= 15 is 0 Å². The van der Waals surface area contributed by atoms with Crippen LogP contribution in [-0.2, 0) is 16.4 Å². The van der Waals surface area contributed by atoms with Crippen molar-refractivity contribution in [1.29, 1.82) is 0 Å². The molecule has 0 fully saturated rings. The minimum atomic E-state index is -3.44. The topological polar surface area (TPSA) is 112 Å². The van der Waals surface area contributed by atoms with Crippen molar-refractivity contribution in [2.45, 2.75) is 32.6 Å². The van der Waals surface area contributed by atoms with Gasteiger partial charge in [0.15, 0.2) is 5.78 Å². The predicted molar refractivity (Wildman–Crippen MR) is 122 cm³/mol. The van der Waals surface area contributed by atoms with Crippen molar-refractivity contribution in [3.05, 3.63) is 59.4 Å². The summed E-state index contributed by atoms with van der Waals surface area (Å²) in [6, 6.07) is 11.9. The van der Waals surface area contributed by atoms with E-state index in [0.29, 0.717) is 58.9 Å². The Labute approximate surface area is 182 Å². The number of sulfonamides is 1. The molecule has 7 nitrogen and oxygen atoms in total.